The number of benzene rings is 1. The summed E-state index contributed by atoms with van der Waals surface area (Å²) in [5.41, 5.74) is 0.376. The highest BCUT2D eigenvalue weighted by molar-refractivity contribution is 9.10. The molecule has 1 atom stereocenters. The van der Waals surface area contributed by atoms with Crippen molar-refractivity contribution in [3.63, 3.8) is 0 Å². The Hall–Kier alpha value is -0.650. The molecule has 1 aromatic carbocycles. The van der Waals surface area contributed by atoms with Crippen LogP contribution >= 0.6 is 15.9 Å². The van der Waals surface area contributed by atoms with Crippen molar-refractivity contribution < 1.29 is 9.50 Å². The van der Waals surface area contributed by atoms with Gasteiger partial charge in [-0.25, -0.2) is 4.39 Å². The molecular formula is C12H16BrFN2O. The van der Waals surface area contributed by atoms with E-state index >= 15 is 0 Å². The zero-order valence-electron chi connectivity index (χ0n) is 9.71. The molecule has 1 heterocycles. The molecule has 1 saturated heterocycles. The van der Waals surface area contributed by atoms with Crippen LogP contribution in [0.15, 0.2) is 16.6 Å². The van der Waals surface area contributed by atoms with Crippen LogP contribution < -0.4 is 5.32 Å². The summed E-state index contributed by atoms with van der Waals surface area (Å²) >= 11 is 3.22. The van der Waals surface area contributed by atoms with Crippen LogP contribution in [0.1, 0.15) is 18.5 Å². The van der Waals surface area contributed by atoms with Crippen molar-refractivity contribution in [2.45, 2.75) is 13.0 Å². The topological polar surface area (TPSA) is 35.5 Å². The highest BCUT2D eigenvalue weighted by Gasteiger charge is 2.24. The van der Waals surface area contributed by atoms with Gasteiger partial charge in [0.25, 0.3) is 0 Å². The maximum atomic E-state index is 13.8. The van der Waals surface area contributed by atoms with E-state index in [1.165, 1.54) is 12.1 Å². The van der Waals surface area contributed by atoms with Crippen molar-refractivity contribution in [3.8, 4) is 5.75 Å². The molecule has 3 nitrogen and oxygen atoms in total. The predicted molar refractivity (Wildman–Crippen MR) is 68.6 cm³/mol. The van der Waals surface area contributed by atoms with E-state index in [4.69, 9.17) is 0 Å². The van der Waals surface area contributed by atoms with Gasteiger partial charge in [0, 0.05) is 37.8 Å². The highest BCUT2D eigenvalue weighted by atomic mass is 79.9. The van der Waals surface area contributed by atoms with Crippen LogP contribution in [0.5, 0.6) is 5.75 Å². The minimum atomic E-state index is -0.350. The Balaban J connectivity index is 2.29. The summed E-state index contributed by atoms with van der Waals surface area (Å²) in [4.78, 5) is 2.17. The first-order chi connectivity index (χ1) is 8.11. The zero-order valence-corrected chi connectivity index (χ0v) is 11.3. The fourth-order valence-electron chi connectivity index (χ4n) is 2.21. The summed E-state index contributed by atoms with van der Waals surface area (Å²) in [6, 6.07) is 2.80. The van der Waals surface area contributed by atoms with E-state index in [1.807, 2.05) is 6.92 Å². The van der Waals surface area contributed by atoms with Gasteiger partial charge in [0.2, 0.25) is 0 Å². The van der Waals surface area contributed by atoms with Crippen molar-refractivity contribution in [1.82, 2.24) is 10.2 Å². The third kappa shape index (κ3) is 2.61. The van der Waals surface area contributed by atoms with E-state index in [0.29, 0.717) is 10.0 Å². The number of nitrogens with one attached hydrogen (secondary N) is 1. The number of aromatic hydroxyl groups is 1. The Morgan fingerprint density at radius 3 is 2.71 bits per heavy atom. The monoisotopic (exact) mass is 302 g/mol. The van der Waals surface area contributed by atoms with E-state index in [2.05, 4.69) is 26.1 Å². The van der Waals surface area contributed by atoms with Gasteiger partial charge in [0.1, 0.15) is 11.6 Å². The molecule has 1 aliphatic rings. The average molecular weight is 303 g/mol. The van der Waals surface area contributed by atoms with Gasteiger partial charge >= 0.3 is 0 Å². The van der Waals surface area contributed by atoms with E-state index in [9.17, 15) is 9.50 Å². The third-order valence-electron chi connectivity index (χ3n) is 3.23. The van der Waals surface area contributed by atoms with Crippen LogP contribution in [-0.4, -0.2) is 36.2 Å². The molecule has 0 unspecified atom stereocenters. The van der Waals surface area contributed by atoms with Crippen molar-refractivity contribution >= 4 is 15.9 Å². The Morgan fingerprint density at radius 2 is 2.06 bits per heavy atom. The van der Waals surface area contributed by atoms with Gasteiger partial charge in [0.05, 0.1) is 4.47 Å². The predicted octanol–water partition coefficient (Wildman–Crippen LogP) is 2.26. The second-order valence-corrected chi connectivity index (χ2v) is 5.11. The molecule has 0 bridgehead atoms. The van der Waals surface area contributed by atoms with Crippen molar-refractivity contribution in [3.05, 3.63) is 28.0 Å². The van der Waals surface area contributed by atoms with Crippen LogP contribution in [0.2, 0.25) is 0 Å². The van der Waals surface area contributed by atoms with Crippen LogP contribution in [0, 0.1) is 5.82 Å². The lowest BCUT2D eigenvalue weighted by molar-refractivity contribution is 0.179. The first-order valence-electron chi connectivity index (χ1n) is 5.73. The van der Waals surface area contributed by atoms with E-state index in [-0.39, 0.29) is 17.6 Å². The third-order valence-corrected chi connectivity index (χ3v) is 3.87. The molecule has 17 heavy (non-hydrogen) atoms. The lowest BCUT2D eigenvalue weighted by Gasteiger charge is -2.33. The first-order valence-corrected chi connectivity index (χ1v) is 6.52. The van der Waals surface area contributed by atoms with Gasteiger partial charge in [-0.15, -0.1) is 0 Å². The molecule has 0 saturated carbocycles. The number of phenols is 1. The van der Waals surface area contributed by atoms with Gasteiger partial charge in [-0.2, -0.15) is 0 Å². The van der Waals surface area contributed by atoms with Gasteiger partial charge in [-0.3, -0.25) is 4.90 Å². The zero-order chi connectivity index (χ0) is 12.4. The van der Waals surface area contributed by atoms with Crippen LogP contribution in [-0.2, 0) is 0 Å². The average Bonchev–Trinajstić information content (AvgIpc) is 2.35. The van der Waals surface area contributed by atoms with Gasteiger partial charge < -0.3 is 10.4 Å². The van der Waals surface area contributed by atoms with E-state index < -0.39 is 0 Å². The standard InChI is InChI=1S/C12H16BrFN2O/c1-8(16-6-4-15-5-7-16)11-10(14)3-2-9(13)12(11)17/h2-3,8,15,17H,4-7H2,1H3/t8-/m0/s1. The smallest absolute Gasteiger partial charge is 0.137 e. The Morgan fingerprint density at radius 1 is 1.41 bits per heavy atom. The molecule has 5 heteroatoms. The summed E-state index contributed by atoms with van der Waals surface area (Å²) in [5.74, 6) is -0.340. The maximum Gasteiger partial charge on any atom is 0.137 e. The second kappa shape index (κ2) is 5.33. The molecule has 94 valence electrons. The molecule has 0 aliphatic carbocycles. The molecule has 0 radical (unpaired) electrons. The van der Waals surface area contributed by atoms with Crippen LogP contribution in [0.4, 0.5) is 4.39 Å². The Bertz CT molecular complexity index is 408. The number of piperazine rings is 1. The second-order valence-electron chi connectivity index (χ2n) is 4.25. The van der Waals surface area contributed by atoms with Gasteiger partial charge in [-0.1, -0.05) is 0 Å². The molecule has 2 rings (SSSR count). The van der Waals surface area contributed by atoms with Crippen LogP contribution in [0.3, 0.4) is 0 Å². The van der Waals surface area contributed by atoms with Gasteiger partial charge in [-0.05, 0) is 35.0 Å². The quantitative estimate of drug-likeness (QED) is 0.880. The first kappa shape index (κ1) is 12.8. The lowest BCUT2D eigenvalue weighted by atomic mass is 10.0. The van der Waals surface area contributed by atoms with Crippen molar-refractivity contribution in [2.75, 3.05) is 26.2 Å². The molecule has 1 aromatic rings. The van der Waals surface area contributed by atoms with Crippen molar-refractivity contribution in [2.24, 2.45) is 0 Å². The van der Waals surface area contributed by atoms with Gasteiger partial charge in [0.15, 0.2) is 0 Å². The molecule has 1 fully saturated rings. The summed E-state index contributed by atoms with van der Waals surface area (Å²) in [6.45, 7) is 5.47. The Kier molecular flexibility index (Phi) is 4.01. The minimum Gasteiger partial charge on any atom is -0.506 e. The summed E-state index contributed by atoms with van der Waals surface area (Å²) in [5, 5.41) is 13.2. The highest BCUT2D eigenvalue weighted by Crippen LogP contribution is 2.36. The van der Waals surface area contributed by atoms with Crippen LogP contribution in [0.25, 0.3) is 0 Å². The van der Waals surface area contributed by atoms with Crippen molar-refractivity contribution in [1.29, 1.82) is 0 Å². The number of hydrogen-bond donors (Lipinski definition) is 2. The number of halogens is 2. The molecule has 2 N–H and O–H groups in total. The SMILES string of the molecule is C[C@@H](c1c(F)ccc(Br)c1O)N1CCNCC1. The van der Waals surface area contributed by atoms with E-state index in [0.717, 1.165) is 26.2 Å². The number of phenolic OH excluding ortho intramolecular Hbond substituents is 1. The minimum absolute atomic E-state index is 0.0102. The number of rotatable bonds is 2. The fourth-order valence-corrected chi connectivity index (χ4v) is 2.55. The molecule has 0 spiro atoms. The summed E-state index contributed by atoms with van der Waals surface area (Å²) < 4.78 is 14.4. The molecule has 0 amide bonds. The lowest BCUT2D eigenvalue weighted by Crippen LogP contribution is -2.44. The Labute approximate surface area is 109 Å². The molecule has 0 aromatic heterocycles. The molecule has 1 aliphatic heterocycles. The number of hydrogen-bond acceptors (Lipinski definition) is 3. The molecular weight excluding hydrogens is 287 g/mol. The number of nitrogens with zero attached hydrogens (tertiary/aromatic N) is 1. The summed E-state index contributed by atoms with van der Waals surface area (Å²) in [6.07, 6.45) is 0. The maximum absolute atomic E-state index is 13.8. The summed E-state index contributed by atoms with van der Waals surface area (Å²) in [7, 11) is 0. The van der Waals surface area contributed by atoms with E-state index in [1.54, 1.807) is 0 Å². The largest absolute Gasteiger partial charge is 0.506 e. The fraction of sp³-hybridized carbons (Fsp3) is 0.500. The normalized spacial score (nSPS) is 19.2.